The number of aromatic nitrogens is 4. The van der Waals surface area contributed by atoms with E-state index in [1.54, 1.807) is 22.2 Å². The molecule has 0 N–H and O–H groups in total. The number of hydrogen-bond acceptors (Lipinski definition) is 5. The summed E-state index contributed by atoms with van der Waals surface area (Å²) in [5.41, 5.74) is 2.15. The molecule has 0 aromatic carbocycles. The fourth-order valence-electron chi connectivity index (χ4n) is 4.01. The monoisotopic (exact) mass is 341 g/mol. The maximum atomic E-state index is 12.9. The molecule has 0 saturated carbocycles. The van der Waals surface area contributed by atoms with Crippen LogP contribution < -0.4 is 0 Å². The first-order valence-corrected chi connectivity index (χ1v) is 9.50. The Morgan fingerprint density at radius 3 is 3.08 bits per heavy atom. The van der Waals surface area contributed by atoms with Gasteiger partial charge >= 0.3 is 0 Å². The summed E-state index contributed by atoms with van der Waals surface area (Å²) in [6.45, 7) is 2.91. The standard InChI is InChI=1S/C17H19N5OS/c1-10-5-2-3-8-21(10)17(23)14-19-15-13-11-6-4-7-12(11)24-16(13)18-9-22(15)20-14/h9-10H,2-8H2,1H3/t10-/m0/s1. The van der Waals surface area contributed by atoms with Crippen LogP contribution in [0.3, 0.4) is 0 Å². The first kappa shape index (κ1) is 14.3. The largest absolute Gasteiger partial charge is 0.333 e. The highest BCUT2D eigenvalue weighted by molar-refractivity contribution is 7.19. The fraction of sp³-hybridized carbons (Fsp3) is 0.529. The summed E-state index contributed by atoms with van der Waals surface area (Å²) in [4.78, 5) is 26.4. The molecule has 1 aliphatic heterocycles. The number of likely N-dealkylation sites (tertiary alicyclic amines) is 1. The van der Waals surface area contributed by atoms with Gasteiger partial charge in [-0.2, -0.15) is 0 Å². The molecule has 24 heavy (non-hydrogen) atoms. The van der Waals surface area contributed by atoms with E-state index in [-0.39, 0.29) is 11.9 Å². The van der Waals surface area contributed by atoms with Crippen LogP contribution in [-0.4, -0.2) is 43.0 Å². The number of hydrogen-bond donors (Lipinski definition) is 0. The lowest BCUT2D eigenvalue weighted by Crippen LogP contribution is -2.42. The molecule has 0 unspecified atom stereocenters. The highest BCUT2D eigenvalue weighted by Crippen LogP contribution is 2.37. The van der Waals surface area contributed by atoms with E-state index in [0.29, 0.717) is 5.82 Å². The van der Waals surface area contributed by atoms with Crippen LogP contribution in [0, 0.1) is 0 Å². The van der Waals surface area contributed by atoms with Gasteiger partial charge in [-0.05, 0) is 51.0 Å². The van der Waals surface area contributed by atoms with Gasteiger partial charge in [-0.3, -0.25) is 4.79 Å². The molecule has 0 radical (unpaired) electrons. The summed E-state index contributed by atoms with van der Waals surface area (Å²) < 4.78 is 1.68. The van der Waals surface area contributed by atoms with Crippen LogP contribution in [0.2, 0.25) is 0 Å². The summed E-state index contributed by atoms with van der Waals surface area (Å²) in [6, 6.07) is 0.265. The van der Waals surface area contributed by atoms with Crippen molar-refractivity contribution in [2.24, 2.45) is 0 Å². The third-order valence-corrected chi connectivity index (χ3v) is 6.50. The van der Waals surface area contributed by atoms with Gasteiger partial charge < -0.3 is 4.90 Å². The molecule has 1 amide bonds. The molecule has 1 atom stereocenters. The Morgan fingerprint density at radius 2 is 2.21 bits per heavy atom. The second kappa shape index (κ2) is 5.24. The lowest BCUT2D eigenvalue weighted by Gasteiger charge is -2.32. The van der Waals surface area contributed by atoms with Crippen molar-refractivity contribution in [3.8, 4) is 0 Å². The number of nitrogens with zero attached hydrogens (tertiary/aromatic N) is 5. The number of thiophene rings is 1. The van der Waals surface area contributed by atoms with Crippen molar-refractivity contribution in [1.82, 2.24) is 24.5 Å². The van der Waals surface area contributed by atoms with Gasteiger partial charge in [0.1, 0.15) is 11.2 Å². The maximum absolute atomic E-state index is 12.9. The molecular weight excluding hydrogens is 322 g/mol. The normalized spacial score (nSPS) is 20.9. The molecule has 0 bridgehead atoms. The molecule has 0 spiro atoms. The maximum Gasteiger partial charge on any atom is 0.293 e. The van der Waals surface area contributed by atoms with Crippen molar-refractivity contribution in [1.29, 1.82) is 0 Å². The minimum atomic E-state index is -0.0501. The Kier molecular flexibility index (Phi) is 3.13. The van der Waals surface area contributed by atoms with E-state index in [4.69, 9.17) is 0 Å². The van der Waals surface area contributed by atoms with Crippen LogP contribution in [0.5, 0.6) is 0 Å². The van der Waals surface area contributed by atoms with Gasteiger partial charge in [0, 0.05) is 17.5 Å². The number of carbonyl (C=O) groups excluding carboxylic acids is 1. The zero-order chi connectivity index (χ0) is 16.3. The number of fused-ring (bicyclic) bond motifs is 5. The van der Waals surface area contributed by atoms with E-state index in [1.807, 2.05) is 4.90 Å². The third-order valence-electron chi connectivity index (χ3n) is 5.30. The number of aryl methyl sites for hydroxylation is 2. The number of rotatable bonds is 1. The Hall–Kier alpha value is -2.02. The van der Waals surface area contributed by atoms with E-state index in [9.17, 15) is 4.79 Å². The zero-order valence-electron chi connectivity index (χ0n) is 13.7. The SMILES string of the molecule is C[C@H]1CCCCN1C(=O)c1nc2c3c4c(sc3ncn2n1)CCC4. The van der Waals surface area contributed by atoms with Crippen LogP contribution in [-0.2, 0) is 12.8 Å². The number of amides is 1. The number of piperidine rings is 1. The quantitative estimate of drug-likeness (QED) is 0.683. The molecule has 3 aromatic heterocycles. The van der Waals surface area contributed by atoms with Gasteiger partial charge in [-0.1, -0.05) is 0 Å². The molecule has 4 heterocycles. The van der Waals surface area contributed by atoms with Crippen LogP contribution in [0.4, 0.5) is 0 Å². The summed E-state index contributed by atoms with van der Waals surface area (Å²) in [6.07, 6.45) is 8.41. The summed E-state index contributed by atoms with van der Waals surface area (Å²) in [7, 11) is 0. The number of carbonyl (C=O) groups is 1. The molecule has 2 aliphatic rings. The minimum Gasteiger partial charge on any atom is -0.333 e. The van der Waals surface area contributed by atoms with Crippen LogP contribution >= 0.6 is 11.3 Å². The predicted molar refractivity (Wildman–Crippen MR) is 92.5 cm³/mol. The molecule has 6 nitrogen and oxygen atoms in total. The molecule has 5 rings (SSSR count). The van der Waals surface area contributed by atoms with E-state index >= 15 is 0 Å². The van der Waals surface area contributed by atoms with Crippen molar-refractivity contribution in [3.63, 3.8) is 0 Å². The molecule has 124 valence electrons. The molecule has 1 aliphatic carbocycles. The molecule has 3 aromatic rings. The average molecular weight is 341 g/mol. The Labute approximate surface area is 143 Å². The van der Waals surface area contributed by atoms with Gasteiger partial charge in [-0.15, -0.1) is 16.4 Å². The van der Waals surface area contributed by atoms with E-state index < -0.39 is 0 Å². The van der Waals surface area contributed by atoms with Crippen molar-refractivity contribution in [2.75, 3.05) is 6.54 Å². The van der Waals surface area contributed by atoms with Gasteiger partial charge in [0.05, 0.1) is 5.39 Å². The van der Waals surface area contributed by atoms with E-state index in [0.717, 1.165) is 48.1 Å². The fourth-order valence-corrected chi connectivity index (χ4v) is 5.24. The average Bonchev–Trinajstić information content (AvgIpc) is 3.27. The van der Waals surface area contributed by atoms with Crippen LogP contribution in [0.1, 0.15) is 53.7 Å². The second-order valence-electron chi connectivity index (χ2n) is 6.83. The summed E-state index contributed by atoms with van der Waals surface area (Å²) in [5.74, 6) is 0.252. The first-order chi connectivity index (χ1) is 11.7. The highest BCUT2D eigenvalue weighted by Gasteiger charge is 2.28. The van der Waals surface area contributed by atoms with Crippen molar-refractivity contribution < 1.29 is 4.79 Å². The van der Waals surface area contributed by atoms with Gasteiger partial charge in [0.2, 0.25) is 5.82 Å². The first-order valence-electron chi connectivity index (χ1n) is 8.69. The van der Waals surface area contributed by atoms with Gasteiger partial charge in [-0.25, -0.2) is 14.5 Å². The lowest BCUT2D eigenvalue weighted by atomic mass is 10.0. The summed E-state index contributed by atoms with van der Waals surface area (Å²) >= 11 is 1.76. The lowest BCUT2D eigenvalue weighted by molar-refractivity contribution is 0.0623. The van der Waals surface area contributed by atoms with Crippen molar-refractivity contribution >= 4 is 33.1 Å². The molecule has 1 saturated heterocycles. The molecule has 1 fully saturated rings. The summed E-state index contributed by atoms with van der Waals surface area (Å²) in [5, 5.41) is 5.54. The molecular formula is C17H19N5OS. The van der Waals surface area contributed by atoms with Gasteiger partial charge in [0.25, 0.3) is 5.91 Å². The van der Waals surface area contributed by atoms with Crippen molar-refractivity contribution in [3.05, 3.63) is 22.6 Å². The van der Waals surface area contributed by atoms with Crippen molar-refractivity contribution in [2.45, 2.75) is 51.5 Å². The topological polar surface area (TPSA) is 63.4 Å². The highest BCUT2D eigenvalue weighted by atomic mass is 32.1. The predicted octanol–water partition coefficient (Wildman–Crippen LogP) is 2.84. The molecule has 7 heteroatoms. The van der Waals surface area contributed by atoms with Crippen LogP contribution in [0.15, 0.2) is 6.33 Å². The Balaban J connectivity index is 1.63. The van der Waals surface area contributed by atoms with E-state index in [2.05, 4.69) is 22.0 Å². The van der Waals surface area contributed by atoms with Gasteiger partial charge in [0.15, 0.2) is 5.65 Å². The Bertz CT molecular complexity index is 959. The Morgan fingerprint density at radius 1 is 1.29 bits per heavy atom. The van der Waals surface area contributed by atoms with E-state index in [1.165, 1.54) is 23.3 Å². The third kappa shape index (κ3) is 2.00. The smallest absolute Gasteiger partial charge is 0.293 e. The van der Waals surface area contributed by atoms with Crippen LogP contribution in [0.25, 0.3) is 15.9 Å². The minimum absolute atomic E-state index is 0.0501. The zero-order valence-corrected chi connectivity index (χ0v) is 14.5. The second-order valence-corrected chi connectivity index (χ2v) is 7.91.